The number of amides is 1. The second-order valence-corrected chi connectivity index (χ2v) is 4.78. The zero-order valence-corrected chi connectivity index (χ0v) is 10.7. The molecule has 116 valence electrons. The van der Waals surface area contributed by atoms with Gasteiger partial charge in [-0.25, -0.2) is 0 Å². The van der Waals surface area contributed by atoms with E-state index in [4.69, 9.17) is 0 Å². The van der Waals surface area contributed by atoms with Crippen LogP contribution in [-0.4, -0.2) is 23.9 Å². The molecule has 0 atom stereocenters. The summed E-state index contributed by atoms with van der Waals surface area (Å²) in [6.45, 7) is 0.946. The number of nitrogens with zero attached hydrogens (tertiary/aromatic N) is 1. The van der Waals surface area contributed by atoms with E-state index in [-0.39, 0.29) is 6.07 Å². The number of rotatable bonds is 2. The number of alkyl halides is 6. The van der Waals surface area contributed by atoms with E-state index >= 15 is 0 Å². The van der Waals surface area contributed by atoms with E-state index in [2.05, 4.69) is 0 Å². The van der Waals surface area contributed by atoms with E-state index in [1.165, 1.54) is 4.90 Å². The van der Waals surface area contributed by atoms with E-state index in [0.29, 0.717) is 19.2 Å². The lowest BCUT2D eigenvalue weighted by molar-refractivity contribution is -0.143. The molecule has 8 heteroatoms. The van der Waals surface area contributed by atoms with Crippen molar-refractivity contribution in [2.24, 2.45) is 0 Å². The van der Waals surface area contributed by atoms with Gasteiger partial charge in [-0.2, -0.15) is 26.3 Å². The van der Waals surface area contributed by atoms with Crippen LogP contribution in [-0.2, 0) is 23.6 Å². The van der Waals surface area contributed by atoms with Gasteiger partial charge >= 0.3 is 12.4 Å². The van der Waals surface area contributed by atoms with Crippen molar-refractivity contribution in [2.45, 2.75) is 25.2 Å². The molecule has 1 aromatic carbocycles. The molecule has 0 bridgehead atoms. The topological polar surface area (TPSA) is 20.3 Å². The molecule has 0 radical (unpaired) electrons. The van der Waals surface area contributed by atoms with Crippen LogP contribution in [0.15, 0.2) is 18.2 Å². The first-order valence-corrected chi connectivity index (χ1v) is 6.14. The molecule has 1 amide bonds. The first-order chi connectivity index (χ1) is 9.59. The lowest BCUT2D eigenvalue weighted by Crippen LogP contribution is -2.43. The zero-order valence-electron chi connectivity index (χ0n) is 10.7. The molecule has 1 heterocycles. The van der Waals surface area contributed by atoms with Crippen molar-refractivity contribution in [3.8, 4) is 0 Å². The van der Waals surface area contributed by atoms with Crippen LogP contribution in [0.1, 0.15) is 23.1 Å². The minimum Gasteiger partial charge on any atom is -0.342 e. The number of halogens is 6. The van der Waals surface area contributed by atoms with Crippen LogP contribution in [0.3, 0.4) is 0 Å². The number of carbonyl (C=O) groups excluding carboxylic acids is 1. The number of carbonyl (C=O) groups is 1. The molecule has 1 saturated heterocycles. The molecule has 0 spiro atoms. The molecule has 2 rings (SSSR count). The van der Waals surface area contributed by atoms with Crippen molar-refractivity contribution in [3.63, 3.8) is 0 Å². The van der Waals surface area contributed by atoms with E-state index in [1.54, 1.807) is 0 Å². The zero-order chi connectivity index (χ0) is 15.8. The molecule has 1 aliphatic rings. The fourth-order valence-electron chi connectivity index (χ4n) is 2.01. The van der Waals surface area contributed by atoms with E-state index in [0.717, 1.165) is 12.5 Å². The Bertz CT molecular complexity index is 545. The van der Waals surface area contributed by atoms with Gasteiger partial charge < -0.3 is 4.90 Å². The van der Waals surface area contributed by atoms with Crippen LogP contribution in [0, 0.1) is 0 Å². The third-order valence-corrected chi connectivity index (χ3v) is 3.29. The highest BCUT2D eigenvalue weighted by Crippen LogP contribution is 2.37. The summed E-state index contributed by atoms with van der Waals surface area (Å²) in [6, 6.07) is 1.34. The van der Waals surface area contributed by atoms with Gasteiger partial charge in [0.05, 0.1) is 17.5 Å². The van der Waals surface area contributed by atoms with Crippen LogP contribution >= 0.6 is 0 Å². The van der Waals surface area contributed by atoms with Gasteiger partial charge in [0.2, 0.25) is 5.91 Å². The van der Waals surface area contributed by atoms with Gasteiger partial charge in [-0.05, 0) is 24.1 Å². The Morgan fingerprint density at radius 1 is 1.05 bits per heavy atom. The molecule has 0 saturated carbocycles. The highest BCUT2D eigenvalue weighted by Gasteiger charge is 2.38. The van der Waals surface area contributed by atoms with Crippen LogP contribution in [0.2, 0.25) is 0 Å². The Morgan fingerprint density at radius 2 is 1.67 bits per heavy atom. The first kappa shape index (κ1) is 15.7. The SMILES string of the molecule is O=C(Cc1ccc(C(F)(F)F)cc1C(F)(F)F)N1CCC1. The molecular weight excluding hydrogens is 300 g/mol. The Morgan fingerprint density at radius 3 is 2.10 bits per heavy atom. The maximum absolute atomic E-state index is 12.9. The van der Waals surface area contributed by atoms with Crippen LogP contribution in [0.4, 0.5) is 26.3 Å². The molecule has 21 heavy (non-hydrogen) atoms. The summed E-state index contributed by atoms with van der Waals surface area (Å²) in [7, 11) is 0. The number of likely N-dealkylation sites (tertiary alicyclic amines) is 1. The maximum atomic E-state index is 12.9. The second-order valence-electron chi connectivity index (χ2n) is 4.78. The number of hydrogen-bond donors (Lipinski definition) is 0. The van der Waals surface area contributed by atoms with E-state index < -0.39 is 41.4 Å². The summed E-state index contributed by atoms with van der Waals surface area (Å²) in [4.78, 5) is 13.1. The fraction of sp³-hybridized carbons (Fsp3) is 0.462. The largest absolute Gasteiger partial charge is 0.416 e. The highest BCUT2D eigenvalue weighted by atomic mass is 19.4. The predicted octanol–water partition coefficient (Wildman–Crippen LogP) is 3.50. The van der Waals surface area contributed by atoms with E-state index in [9.17, 15) is 31.1 Å². The van der Waals surface area contributed by atoms with Gasteiger partial charge in [-0.3, -0.25) is 4.79 Å². The summed E-state index contributed by atoms with van der Waals surface area (Å²) in [5.41, 5.74) is -3.23. The molecule has 1 aliphatic heterocycles. The average molecular weight is 311 g/mol. The fourth-order valence-corrected chi connectivity index (χ4v) is 2.01. The third kappa shape index (κ3) is 3.48. The Balaban J connectivity index is 2.33. The summed E-state index contributed by atoms with van der Waals surface area (Å²) in [6.07, 6.45) is -9.57. The lowest BCUT2D eigenvalue weighted by atomic mass is 9.99. The minimum absolute atomic E-state index is 0.0543. The summed E-state index contributed by atoms with van der Waals surface area (Å²) >= 11 is 0. The smallest absolute Gasteiger partial charge is 0.342 e. The summed E-state index contributed by atoms with van der Waals surface area (Å²) in [5.74, 6) is -0.508. The monoisotopic (exact) mass is 311 g/mol. The lowest BCUT2D eigenvalue weighted by Gasteiger charge is -2.31. The molecular formula is C13H11F6NO. The van der Waals surface area contributed by atoms with Crippen molar-refractivity contribution in [1.29, 1.82) is 0 Å². The predicted molar refractivity (Wildman–Crippen MR) is 61.3 cm³/mol. The summed E-state index contributed by atoms with van der Waals surface area (Å²) in [5, 5.41) is 0. The van der Waals surface area contributed by atoms with Gasteiger partial charge in [0.1, 0.15) is 0 Å². The quantitative estimate of drug-likeness (QED) is 0.766. The Labute approximate surface area is 116 Å². The molecule has 1 aromatic rings. The molecule has 2 nitrogen and oxygen atoms in total. The molecule has 0 unspecified atom stereocenters. The van der Waals surface area contributed by atoms with Gasteiger partial charge in [-0.1, -0.05) is 6.07 Å². The molecule has 1 fully saturated rings. The van der Waals surface area contributed by atoms with Gasteiger partial charge in [-0.15, -0.1) is 0 Å². The van der Waals surface area contributed by atoms with Crippen molar-refractivity contribution in [3.05, 3.63) is 34.9 Å². The molecule has 0 N–H and O–H groups in total. The Hall–Kier alpha value is -1.73. The highest BCUT2D eigenvalue weighted by molar-refractivity contribution is 5.79. The average Bonchev–Trinajstić information content (AvgIpc) is 2.23. The van der Waals surface area contributed by atoms with Crippen LogP contribution in [0.5, 0.6) is 0 Å². The van der Waals surface area contributed by atoms with E-state index in [1.807, 2.05) is 0 Å². The summed E-state index contributed by atoms with van der Waals surface area (Å²) < 4.78 is 76.1. The second kappa shape index (κ2) is 5.23. The molecule has 0 aliphatic carbocycles. The van der Waals surface area contributed by atoms with Crippen LogP contribution in [0.25, 0.3) is 0 Å². The van der Waals surface area contributed by atoms with Crippen molar-refractivity contribution >= 4 is 5.91 Å². The van der Waals surface area contributed by atoms with Gasteiger partial charge in [0.15, 0.2) is 0 Å². The van der Waals surface area contributed by atoms with Crippen LogP contribution < -0.4 is 0 Å². The molecule has 0 aromatic heterocycles. The van der Waals surface area contributed by atoms with Crippen molar-refractivity contribution in [2.75, 3.05) is 13.1 Å². The Kier molecular flexibility index (Phi) is 3.90. The maximum Gasteiger partial charge on any atom is 0.416 e. The minimum atomic E-state index is -4.94. The van der Waals surface area contributed by atoms with Gasteiger partial charge in [0.25, 0.3) is 0 Å². The van der Waals surface area contributed by atoms with Crippen molar-refractivity contribution in [1.82, 2.24) is 4.90 Å². The first-order valence-electron chi connectivity index (χ1n) is 6.14. The van der Waals surface area contributed by atoms with Gasteiger partial charge in [0, 0.05) is 13.1 Å². The number of hydrogen-bond acceptors (Lipinski definition) is 1. The standard InChI is InChI=1S/C13H11F6NO/c14-12(15,16)9-3-2-8(10(7-9)13(17,18)19)6-11(21)20-4-1-5-20/h2-3,7H,1,4-6H2. The normalized spacial score (nSPS) is 15.8. The number of benzene rings is 1. The third-order valence-electron chi connectivity index (χ3n) is 3.29. The van der Waals surface area contributed by atoms with Crippen molar-refractivity contribution < 1.29 is 31.1 Å².